The molecule has 1 atom stereocenters. The topological polar surface area (TPSA) is 89.2 Å². The number of aryl methyl sites for hydroxylation is 1. The van der Waals surface area contributed by atoms with Gasteiger partial charge < -0.3 is 19.0 Å². The molecule has 182 valence electrons. The first-order chi connectivity index (χ1) is 17.5. The summed E-state index contributed by atoms with van der Waals surface area (Å²) < 4.78 is 16.5. The fraction of sp³-hybridized carbons (Fsp3) is 0.172. The van der Waals surface area contributed by atoms with Gasteiger partial charge in [0.2, 0.25) is 5.78 Å². The molecule has 7 nitrogen and oxygen atoms in total. The van der Waals surface area contributed by atoms with Crippen LogP contribution in [-0.4, -0.2) is 31.0 Å². The Labute approximate surface area is 208 Å². The molecule has 2 heterocycles. The standard InChI is InChI=1S/C29H25NO6/c1-4-17-9-11-18(12-10-17)26-25(27(31)24-15-19-7-5-6-8-21(19)36-24)28(32)29(33)30(26)20-13-14-22(34-2)23(16-20)35-3/h5-16,26,32H,4H2,1-3H3. The fourth-order valence-corrected chi connectivity index (χ4v) is 4.56. The summed E-state index contributed by atoms with van der Waals surface area (Å²) in [6.07, 6.45) is 0.842. The number of anilines is 1. The van der Waals surface area contributed by atoms with E-state index in [0.717, 1.165) is 17.4 Å². The van der Waals surface area contributed by atoms with E-state index in [1.165, 1.54) is 19.1 Å². The van der Waals surface area contributed by atoms with Crippen molar-refractivity contribution in [3.05, 3.63) is 101 Å². The number of aliphatic hydroxyl groups is 1. The Hall–Kier alpha value is -4.52. The number of ether oxygens (including phenoxy) is 2. The van der Waals surface area contributed by atoms with Crippen molar-refractivity contribution in [3.8, 4) is 11.5 Å². The predicted octanol–water partition coefficient (Wildman–Crippen LogP) is 5.80. The fourth-order valence-electron chi connectivity index (χ4n) is 4.56. The lowest BCUT2D eigenvalue weighted by Gasteiger charge is -2.27. The Morgan fingerprint density at radius 2 is 1.69 bits per heavy atom. The molecule has 0 saturated heterocycles. The van der Waals surface area contributed by atoms with Gasteiger partial charge in [-0.05, 0) is 41.8 Å². The summed E-state index contributed by atoms with van der Waals surface area (Å²) in [7, 11) is 3.02. The van der Waals surface area contributed by atoms with Crippen LogP contribution in [0.25, 0.3) is 11.0 Å². The van der Waals surface area contributed by atoms with Crippen molar-refractivity contribution in [2.75, 3.05) is 19.1 Å². The van der Waals surface area contributed by atoms with Gasteiger partial charge in [0.05, 0.1) is 25.8 Å². The largest absolute Gasteiger partial charge is 0.503 e. The number of furan rings is 1. The molecule has 0 radical (unpaired) electrons. The molecule has 0 spiro atoms. The van der Waals surface area contributed by atoms with E-state index in [1.807, 2.05) is 49.4 Å². The van der Waals surface area contributed by atoms with Crippen LogP contribution in [0.4, 0.5) is 5.69 Å². The molecule has 1 amide bonds. The first-order valence-electron chi connectivity index (χ1n) is 11.6. The third-order valence-corrected chi connectivity index (χ3v) is 6.45. The molecule has 1 N–H and O–H groups in total. The number of benzene rings is 3. The molecule has 4 aromatic rings. The number of ketones is 1. The smallest absolute Gasteiger partial charge is 0.294 e. The van der Waals surface area contributed by atoms with E-state index in [2.05, 4.69) is 0 Å². The molecule has 1 aromatic heterocycles. The summed E-state index contributed by atoms with van der Waals surface area (Å²) >= 11 is 0. The second kappa shape index (κ2) is 9.26. The van der Waals surface area contributed by atoms with Crippen LogP contribution < -0.4 is 14.4 Å². The zero-order valence-corrected chi connectivity index (χ0v) is 20.1. The summed E-state index contributed by atoms with van der Waals surface area (Å²) in [6.45, 7) is 2.05. The summed E-state index contributed by atoms with van der Waals surface area (Å²) in [5, 5.41) is 11.8. The highest BCUT2D eigenvalue weighted by atomic mass is 16.5. The number of fused-ring (bicyclic) bond motifs is 1. The number of methoxy groups -OCH3 is 2. The molecule has 36 heavy (non-hydrogen) atoms. The van der Waals surface area contributed by atoms with Gasteiger partial charge in [-0.15, -0.1) is 0 Å². The number of carbonyl (C=O) groups excluding carboxylic acids is 2. The number of hydrogen-bond donors (Lipinski definition) is 1. The van der Waals surface area contributed by atoms with Gasteiger partial charge in [-0.3, -0.25) is 14.5 Å². The number of rotatable bonds is 7. The lowest BCUT2D eigenvalue weighted by atomic mass is 9.94. The number of carbonyl (C=O) groups is 2. The molecule has 3 aromatic carbocycles. The second-order valence-corrected chi connectivity index (χ2v) is 8.45. The maximum Gasteiger partial charge on any atom is 0.294 e. The van der Waals surface area contributed by atoms with E-state index in [0.29, 0.717) is 28.3 Å². The highest BCUT2D eigenvalue weighted by Crippen LogP contribution is 2.44. The molecule has 1 aliphatic rings. The summed E-state index contributed by atoms with van der Waals surface area (Å²) in [4.78, 5) is 28.6. The van der Waals surface area contributed by atoms with Crippen molar-refractivity contribution >= 4 is 28.3 Å². The van der Waals surface area contributed by atoms with Gasteiger partial charge in [-0.1, -0.05) is 49.4 Å². The maximum atomic E-state index is 13.7. The van der Waals surface area contributed by atoms with Gasteiger partial charge in [0, 0.05) is 17.1 Å². The van der Waals surface area contributed by atoms with E-state index in [4.69, 9.17) is 13.9 Å². The zero-order chi connectivity index (χ0) is 25.4. The van der Waals surface area contributed by atoms with E-state index < -0.39 is 23.5 Å². The highest BCUT2D eigenvalue weighted by Gasteiger charge is 2.45. The van der Waals surface area contributed by atoms with Gasteiger partial charge in [0.1, 0.15) is 5.58 Å². The average Bonchev–Trinajstić information content (AvgIpc) is 3.47. The Morgan fingerprint density at radius 1 is 0.972 bits per heavy atom. The molecule has 7 heteroatoms. The molecular weight excluding hydrogens is 458 g/mol. The quantitative estimate of drug-likeness (QED) is 0.335. The SMILES string of the molecule is CCc1ccc(C2C(C(=O)c3cc4ccccc4o3)=C(O)C(=O)N2c2ccc(OC)c(OC)c2)cc1. The number of hydrogen-bond acceptors (Lipinski definition) is 6. The first kappa shape index (κ1) is 23.2. The second-order valence-electron chi connectivity index (χ2n) is 8.45. The molecule has 1 unspecified atom stereocenters. The van der Waals surface area contributed by atoms with Crippen LogP contribution in [-0.2, 0) is 11.2 Å². The maximum absolute atomic E-state index is 13.7. The van der Waals surface area contributed by atoms with Crippen molar-refractivity contribution in [1.29, 1.82) is 0 Å². The van der Waals surface area contributed by atoms with E-state index in [-0.39, 0.29) is 11.3 Å². The Bertz CT molecular complexity index is 1460. The van der Waals surface area contributed by atoms with E-state index in [1.54, 1.807) is 30.3 Å². The zero-order valence-electron chi connectivity index (χ0n) is 20.1. The van der Waals surface area contributed by atoms with Crippen LogP contribution >= 0.6 is 0 Å². The van der Waals surface area contributed by atoms with Gasteiger partial charge in [0.15, 0.2) is 23.0 Å². The summed E-state index contributed by atoms with van der Waals surface area (Å²) in [6, 6.07) is 20.7. The lowest BCUT2D eigenvalue weighted by molar-refractivity contribution is -0.117. The van der Waals surface area contributed by atoms with Crippen molar-refractivity contribution in [2.24, 2.45) is 0 Å². The van der Waals surface area contributed by atoms with Gasteiger partial charge in [-0.25, -0.2) is 0 Å². The minimum absolute atomic E-state index is 0.0434. The Morgan fingerprint density at radius 3 is 2.36 bits per heavy atom. The van der Waals surface area contributed by atoms with E-state index in [9.17, 15) is 14.7 Å². The van der Waals surface area contributed by atoms with Crippen LogP contribution in [0.5, 0.6) is 11.5 Å². The summed E-state index contributed by atoms with van der Waals surface area (Å²) in [5.74, 6) is -0.891. The van der Waals surface area contributed by atoms with Crippen LogP contribution in [0, 0.1) is 0 Å². The van der Waals surface area contributed by atoms with Crippen molar-refractivity contribution < 1.29 is 28.6 Å². The number of amides is 1. The summed E-state index contributed by atoms with van der Waals surface area (Å²) in [5.41, 5.74) is 2.74. The average molecular weight is 484 g/mol. The predicted molar refractivity (Wildman–Crippen MR) is 136 cm³/mol. The van der Waals surface area contributed by atoms with Crippen LogP contribution in [0.15, 0.2) is 88.5 Å². The van der Waals surface area contributed by atoms with Crippen LogP contribution in [0.3, 0.4) is 0 Å². The monoisotopic (exact) mass is 483 g/mol. The third kappa shape index (κ3) is 3.79. The van der Waals surface area contributed by atoms with Crippen molar-refractivity contribution in [2.45, 2.75) is 19.4 Å². The minimum atomic E-state index is -0.873. The van der Waals surface area contributed by atoms with Gasteiger partial charge in [0.25, 0.3) is 5.91 Å². The molecule has 5 rings (SSSR count). The molecule has 0 saturated carbocycles. The highest BCUT2D eigenvalue weighted by molar-refractivity contribution is 6.20. The molecule has 0 aliphatic carbocycles. The third-order valence-electron chi connectivity index (χ3n) is 6.45. The Balaban J connectivity index is 1.65. The lowest BCUT2D eigenvalue weighted by Crippen LogP contribution is -2.31. The Kier molecular flexibility index (Phi) is 5.98. The minimum Gasteiger partial charge on any atom is -0.503 e. The number of aliphatic hydroxyl groups excluding tert-OH is 1. The number of nitrogens with zero attached hydrogens (tertiary/aromatic N) is 1. The number of para-hydroxylation sites is 1. The van der Waals surface area contributed by atoms with Crippen LogP contribution in [0.2, 0.25) is 0 Å². The molecule has 1 aliphatic heterocycles. The van der Waals surface area contributed by atoms with Gasteiger partial charge in [-0.2, -0.15) is 0 Å². The normalized spacial score (nSPS) is 15.6. The first-order valence-corrected chi connectivity index (χ1v) is 11.6. The van der Waals surface area contributed by atoms with Crippen molar-refractivity contribution in [3.63, 3.8) is 0 Å². The van der Waals surface area contributed by atoms with Crippen molar-refractivity contribution in [1.82, 2.24) is 0 Å². The number of Topliss-reactive ketones (excluding diaryl/α,β-unsaturated/α-hetero) is 1. The molecular formula is C29H25NO6. The molecule has 0 fully saturated rings. The van der Waals surface area contributed by atoms with E-state index >= 15 is 0 Å². The van der Waals surface area contributed by atoms with Gasteiger partial charge >= 0.3 is 0 Å². The molecule has 0 bridgehead atoms. The van der Waals surface area contributed by atoms with Crippen LogP contribution in [0.1, 0.15) is 34.6 Å².